The maximum absolute atomic E-state index is 13.1. The molecule has 0 saturated heterocycles. The smallest absolute Gasteiger partial charge is 0.370 e. The van der Waals surface area contributed by atoms with E-state index < -0.39 is 11.7 Å². The van der Waals surface area contributed by atoms with E-state index >= 15 is 0 Å². The van der Waals surface area contributed by atoms with Crippen molar-refractivity contribution in [3.8, 4) is 0 Å². The molecule has 21 heavy (non-hydrogen) atoms. The Labute approximate surface area is 122 Å². The van der Waals surface area contributed by atoms with Crippen molar-refractivity contribution in [3.05, 3.63) is 11.4 Å². The second-order valence-electron chi connectivity index (χ2n) is 5.45. The van der Waals surface area contributed by atoms with Crippen LogP contribution in [0.4, 0.5) is 24.8 Å². The molecule has 0 unspecified atom stereocenters. The number of alkyl halides is 3. The largest absolute Gasteiger partial charge is 0.411 e. The quantitative estimate of drug-likeness (QED) is 0.841. The van der Waals surface area contributed by atoms with Crippen LogP contribution < -0.4 is 10.6 Å². The van der Waals surface area contributed by atoms with Gasteiger partial charge in [0.15, 0.2) is 0 Å². The van der Waals surface area contributed by atoms with Crippen molar-refractivity contribution in [2.45, 2.75) is 58.2 Å². The normalized spacial score (nSPS) is 16.7. The molecule has 2 N–H and O–H groups in total. The van der Waals surface area contributed by atoms with Crippen LogP contribution in [0.1, 0.15) is 44.5 Å². The third-order valence-electron chi connectivity index (χ3n) is 3.70. The number of nitrogens with zero attached hydrogens (tertiary/aromatic N) is 2. The predicted octanol–water partition coefficient (Wildman–Crippen LogP) is 3.68. The van der Waals surface area contributed by atoms with Crippen molar-refractivity contribution in [1.82, 2.24) is 9.97 Å². The summed E-state index contributed by atoms with van der Waals surface area (Å²) in [4.78, 5) is 8.59. The Bertz CT molecular complexity index is 510. The molecule has 1 saturated carbocycles. The summed E-state index contributed by atoms with van der Waals surface area (Å²) in [7, 11) is 0. The lowest BCUT2D eigenvalue weighted by Crippen LogP contribution is -2.39. The predicted molar refractivity (Wildman–Crippen MR) is 76.6 cm³/mol. The fraction of sp³-hybridized carbons (Fsp3) is 0.714. The average molecular weight is 302 g/mol. The molecule has 0 radical (unpaired) electrons. The van der Waals surface area contributed by atoms with E-state index in [1.165, 1.54) is 0 Å². The zero-order valence-corrected chi connectivity index (χ0v) is 12.6. The van der Waals surface area contributed by atoms with E-state index in [4.69, 9.17) is 0 Å². The van der Waals surface area contributed by atoms with Crippen LogP contribution in [-0.2, 0) is 6.42 Å². The topological polar surface area (TPSA) is 49.8 Å². The molecule has 7 heteroatoms. The Morgan fingerprint density at radius 2 is 1.76 bits per heavy atom. The van der Waals surface area contributed by atoms with Crippen LogP contribution in [0.2, 0.25) is 0 Å². The minimum absolute atomic E-state index is 0.0964. The number of aryl methyl sites for hydroxylation is 1. The molecule has 118 valence electrons. The van der Waals surface area contributed by atoms with E-state index in [0.29, 0.717) is 23.6 Å². The number of aromatic nitrogens is 2. The van der Waals surface area contributed by atoms with Gasteiger partial charge in [0.2, 0.25) is 0 Å². The van der Waals surface area contributed by atoms with Crippen LogP contribution in [0.3, 0.4) is 0 Å². The Kier molecular flexibility index (Phi) is 4.30. The number of nitrogens with one attached hydrogen (secondary N) is 2. The number of hydrogen-bond acceptors (Lipinski definition) is 4. The molecule has 2 rings (SSSR count). The fourth-order valence-corrected chi connectivity index (χ4v) is 2.09. The van der Waals surface area contributed by atoms with Gasteiger partial charge in [-0.05, 0) is 26.2 Å². The highest BCUT2D eigenvalue weighted by Crippen LogP contribution is 2.51. The summed E-state index contributed by atoms with van der Waals surface area (Å²) in [6.07, 6.45) is -2.57. The molecule has 1 aliphatic carbocycles. The van der Waals surface area contributed by atoms with Crippen molar-refractivity contribution >= 4 is 11.6 Å². The van der Waals surface area contributed by atoms with Gasteiger partial charge < -0.3 is 10.6 Å². The number of anilines is 2. The lowest BCUT2D eigenvalue weighted by molar-refractivity contribution is -0.151. The van der Waals surface area contributed by atoms with Crippen LogP contribution in [0.15, 0.2) is 0 Å². The van der Waals surface area contributed by atoms with Crippen molar-refractivity contribution in [2.75, 3.05) is 17.2 Å². The summed E-state index contributed by atoms with van der Waals surface area (Å²) in [6, 6.07) is 0. The molecule has 0 aliphatic heterocycles. The number of hydrogen-bond donors (Lipinski definition) is 2. The van der Waals surface area contributed by atoms with Gasteiger partial charge in [0.1, 0.15) is 23.0 Å². The highest BCUT2D eigenvalue weighted by Gasteiger charge is 2.63. The summed E-state index contributed by atoms with van der Waals surface area (Å²) in [5.41, 5.74) is -1.17. The zero-order chi connectivity index (χ0) is 15.7. The Balaban J connectivity index is 2.30. The van der Waals surface area contributed by atoms with E-state index in [1.54, 1.807) is 6.92 Å². The molecular formula is C14H21F3N4. The van der Waals surface area contributed by atoms with Crippen molar-refractivity contribution in [2.24, 2.45) is 0 Å². The van der Waals surface area contributed by atoms with Crippen LogP contribution in [0.25, 0.3) is 0 Å². The molecule has 4 nitrogen and oxygen atoms in total. The Morgan fingerprint density at radius 3 is 2.24 bits per heavy atom. The number of rotatable bonds is 6. The lowest BCUT2D eigenvalue weighted by atomic mass is 10.2. The van der Waals surface area contributed by atoms with Gasteiger partial charge in [0, 0.05) is 18.5 Å². The van der Waals surface area contributed by atoms with Crippen LogP contribution in [-0.4, -0.2) is 28.2 Å². The minimum atomic E-state index is -4.26. The summed E-state index contributed by atoms with van der Waals surface area (Å²) >= 11 is 0. The van der Waals surface area contributed by atoms with Crippen molar-refractivity contribution in [1.29, 1.82) is 0 Å². The van der Waals surface area contributed by atoms with Crippen LogP contribution in [0, 0.1) is 6.92 Å². The van der Waals surface area contributed by atoms with Gasteiger partial charge in [-0.1, -0.05) is 13.8 Å². The van der Waals surface area contributed by atoms with Gasteiger partial charge in [0.05, 0.1) is 0 Å². The fourth-order valence-electron chi connectivity index (χ4n) is 2.09. The van der Waals surface area contributed by atoms with E-state index in [9.17, 15) is 13.2 Å². The first-order chi connectivity index (χ1) is 9.83. The second-order valence-corrected chi connectivity index (χ2v) is 5.45. The summed E-state index contributed by atoms with van der Waals surface area (Å²) in [5.74, 6) is 1.44. The third-order valence-corrected chi connectivity index (χ3v) is 3.70. The third kappa shape index (κ3) is 3.22. The van der Waals surface area contributed by atoms with Gasteiger partial charge in [-0.3, -0.25) is 0 Å². The SMILES string of the molecule is CCCNc1nc(CC)nc(NC2(C(F)(F)F)CC2)c1C. The van der Waals surface area contributed by atoms with Gasteiger partial charge in [-0.15, -0.1) is 0 Å². The molecule has 0 bridgehead atoms. The molecule has 1 heterocycles. The Morgan fingerprint density at radius 1 is 1.14 bits per heavy atom. The minimum Gasteiger partial charge on any atom is -0.370 e. The maximum Gasteiger partial charge on any atom is 0.411 e. The number of halogens is 3. The second kappa shape index (κ2) is 5.69. The van der Waals surface area contributed by atoms with Crippen LogP contribution >= 0.6 is 0 Å². The summed E-state index contributed by atoms with van der Waals surface area (Å²) < 4.78 is 39.2. The summed E-state index contributed by atoms with van der Waals surface area (Å²) in [6.45, 7) is 6.37. The van der Waals surface area contributed by atoms with Gasteiger partial charge in [-0.25, -0.2) is 9.97 Å². The zero-order valence-electron chi connectivity index (χ0n) is 12.6. The standard InChI is InChI=1S/C14H21F3N4/c1-4-8-18-11-9(3)12(20-10(5-2)19-11)21-13(6-7-13)14(15,16)17/h4-8H2,1-3H3,(H2,18,19,20,21). The Hall–Kier alpha value is -1.53. The van der Waals surface area contributed by atoms with Crippen molar-refractivity contribution < 1.29 is 13.2 Å². The van der Waals surface area contributed by atoms with E-state index in [1.807, 2.05) is 13.8 Å². The van der Waals surface area contributed by atoms with Gasteiger partial charge >= 0.3 is 6.18 Å². The molecule has 0 atom stereocenters. The first-order valence-corrected chi connectivity index (χ1v) is 7.29. The first kappa shape index (κ1) is 15.9. The molecule has 0 amide bonds. The maximum atomic E-state index is 13.1. The highest BCUT2D eigenvalue weighted by atomic mass is 19.4. The van der Waals surface area contributed by atoms with E-state index in [0.717, 1.165) is 13.0 Å². The molecule has 1 aliphatic rings. The highest BCUT2D eigenvalue weighted by molar-refractivity contribution is 5.59. The molecule has 0 aromatic carbocycles. The van der Waals surface area contributed by atoms with E-state index in [2.05, 4.69) is 20.6 Å². The van der Waals surface area contributed by atoms with Gasteiger partial charge in [-0.2, -0.15) is 13.2 Å². The van der Waals surface area contributed by atoms with Gasteiger partial charge in [0.25, 0.3) is 0 Å². The average Bonchev–Trinajstić information content (AvgIpc) is 3.20. The first-order valence-electron chi connectivity index (χ1n) is 7.29. The van der Waals surface area contributed by atoms with Crippen molar-refractivity contribution in [3.63, 3.8) is 0 Å². The molecule has 1 aromatic rings. The molecule has 0 spiro atoms. The molecule has 1 aromatic heterocycles. The van der Waals surface area contributed by atoms with Crippen LogP contribution in [0.5, 0.6) is 0 Å². The molecular weight excluding hydrogens is 281 g/mol. The lowest BCUT2D eigenvalue weighted by Gasteiger charge is -2.23. The van der Waals surface area contributed by atoms with E-state index in [-0.39, 0.29) is 18.7 Å². The summed E-state index contributed by atoms with van der Waals surface area (Å²) in [5, 5.41) is 5.76. The monoisotopic (exact) mass is 302 g/mol. The molecule has 1 fully saturated rings.